The van der Waals surface area contributed by atoms with E-state index < -0.39 is 168 Å². The van der Waals surface area contributed by atoms with Crippen LogP contribution in [0.3, 0.4) is 0 Å². The summed E-state index contributed by atoms with van der Waals surface area (Å²) in [6.07, 6.45) is -8.71. The lowest BCUT2D eigenvalue weighted by Gasteiger charge is -2.28. The average molecular weight is 1310 g/mol. The highest BCUT2D eigenvalue weighted by atomic mass is 31.3. The van der Waals surface area contributed by atoms with Crippen LogP contribution in [0.25, 0.3) is 44.6 Å². The van der Waals surface area contributed by atoms with Gasteiger partial charge in [-0.25, -0.2) is 48.4 Å². The van der Waals surface area contributed by atoms with Crippen molar-refractivity contribution >= 4 is 78.3 Å². The molecule has 91 heavy (non-hydrogen) atoms. The number of hydrogen-bond acceptors (Lipinski definition) is 27. The number of nitrogens with one attached hydrogen (secondary N) is 5. The maximum absolute atomic E-state index is 14.3. The van der Waals surface area contributed by atoms with E-state index in [2.05, 4.69) is 59.7 Å². The van der Waals surface area contributed by atoms with Crippen LogP contribution in [-0.4, -0.2) is 220 Å². The summed E-state index contributed by atoms with van der Waals surface area (Å²) in [6, 6.07) is 3.41. The Morgan fingerprint density at radius 2 is 1.57 bits per heavy atom. The van der Waals surface area contributed by atoms with Crippen LogP contribution in [0.1, 0.15) is 35.5 Å². The lowest BCUT2D eigenvalue weighted by atomic mass is 10.0. The van der Waals surface area contributed by atoms with Gasteiger partial charge in [-0.1, -0.05) is 18.2 Å². The van der Waals surface area contributed by atoms with Crippen molar-refractivity contribution in [1.29, 1.82) is 0 Å². The van der Waals surface area contributed by atoms with Gasteiger partial charge >= 0.3 is 33.3 Å². The van der Waals surface area contributed by atoms with Crippen LogP contribution in [-0.2, 0) is 72.3 Å². The van der Waals surface area contributed by atoms with Crippen molar-refractivity contribution in [1.82, 2.24) is 69.5 Å². The first-order valence-corrected chi connectivity index (χ1v) is 30.3. The quantitative estimate of drug-likeness (QED) is 0.0156. The molecule has 0 aliphatic carbocycles. The third-order valence-corrected chi connectivity index (χ3v) is 17.3. The summed E-state index contributed by atoms with van der Waals surface area (Å²) in [4.78, 5) is 128. The van der Waals surface area contributed by atoms with Crippen LogP contribution in [0, 0.1) is 6.92 Å². The van der Waals surface area contributed by atoms with Gasteiger partial charge in [-0.05, 0) is 48.7 Å². The van der Waals surface area contributed by atoms with Gasteiger partial charge in [-0.15, -0.1) is 0 Å². The Bertz CT molecular complexity index is 4200. The van der Waals surface area contributed by atoms with Gasteiger partial charge in [0.2, 0.25) is 11.8 Å². The first-order valence-electron chi connectivity index (χ1n) is 27.3. The molecule has 3 aliphatic rings. The molecule has 38 nitrogen and oxygen atoms in total. The highest BCUT2D eigenvalue weighted by Crippen LogP contribution is 2.60. The second-order valence-electron chi connectivity index (χ2n) is 21.1. The van der Waals surface area contributed by atoms with Gasteiger partial charge in [0, 0.05) is 42.7 Å². The van der Waals surface area contributed by atoms with Gasteiger partial charge in [0.25, 0.3) is 5.56 Å². The minimum Gasteiger partial charge on any atom is -0.480 e. The van der Waals surface area contributed by atoms with Crippen LogP contribution < -0.4 is 32.9 Å². The fourth-order valence-corrected chi connectivity index (χ4v) is 12.1. The number of nitrogen functional groups attached to an aromatic ring is 1. The first-order chi connectivity index (χ1) is 43.0. The van der Waals surface area contributed by atoms with Crippen LogP contribution >= 0.6 is 15.6 Å². The average Bonchev–Trinajstić information content (AvgIpc) is 1.08. The summed E-state index contributed by atoms with van der Waals surface area (Å²) < 4.78 is 48.9. The number of benzene rings is 2. The van der Waals surface area contributed by atoms with Gasteiger partial charge in [0.05, 0.1) is 67.9 Å². The molecular weight excluding hydrogens is 1250 g/mol. The van der Waals surface area contributed by atoms with Gasteiger partial charge in [-0.2, -0.15) is 9.29 Å². The Morgan fingerprint density at radius 3 is 2.29 bits per heavy atom. The van der Waals surface area contributed by atoms with E-state index >= 15 is 0 Å². The van der Waals surface area contributed by atoms with E-state index in [0.29, 0.717) is 27.6 Å². The number of carboxylic acids is 2. The molecule has 2 aromatic carbocycles. The standard InChI is InChI=1S/C51H61N15O23P2/c1-21-7-28-32(9-24(21)12-64-13-25(56-19-64)10-29(59-36(22(2)68)46(75)61-31(15-67)50(79)80)45(74)60-30(49(77)78)8-23-11-53-27-6-4-3-5-26(23)27)65(44-38(58-28)47(76)63-51(81)62-44)14-33(69)39(71)34(70)16-86-90(82,83)89-91(84,85)87-17-35-40(72)41(73)48(88-35)66-20-57-37-42(52)54-18-55-43(37)66/h3-7,9,11,13,18-20,22,29-31,33-36,39-41,48,53,59,67-73H,8,10,12,14-17H2,1-2H3,(H,60,74)(H,61,75)(H,77,78)(H,79,80)(H,82,83)(H,84,85)(H2,52,54,55)(H,63,76,81)/t22-,29?,30+,31+,33+,34-,35-,36+,39+,40-,41-,48-/m1/s1. The van der Waals surface area contributed by atoms with Gasteiger partial charge in [0.15, 0.2) is 29.2 Å². The molecule has 0 radical (unpaired) electrons. The topological polar surface area (TPSA) is 582 Å². The van der Waals surface area contributed by atoms with Gasteiger partial charge in [-0.3, -0.25) is 38.3 Å². The molecule has 3 aliphatic heterocycles. The van der Waals surface area contributed by atoms with Gasteiger partial charge in [0.1, 0.15) is 66.6 Å². The van der Waals surface area contributed by atoms with Crippen molar-refractivity contribution in [3.05, 3.63) is 111 Å². The normalized spacial score (nSPS) is 20.1. The molecule has 14 atom stereocenters. The summed E-state index contributed by atoms with van der Waals surface area (Å²) in [5, 5.41) is 103. The number of aliphatic hydroxyl groups is 7. The summed E-state index contributed by atoms with van der Waals surface area (Å²) in [7, 11) is -11.4. The number of carbonyl (C=O) groups excluding carboxylic acids is 2. The molecular formula is C51H61N15O23P2. The fourth-order valence-electron chi connectivity index (χ4n) is 9.98. The number of imidazole rings is 2. The van der Waals surface area contributed by atoms with Gasteiger partial charge < -0.3 is 91.0 Å². The summed E-state index contributed by atoms with van der Waals surface area (Å²) in [6.45, 7) is -1.47. The number of rotatable bonds is 29. The third-order valence-electron chi connectivity index (χ3n) is 14.7. The molecule has 1 saturated heterocycles. The molecule has 3 unspecified atom stereocenters. The molecule has 0 saturated carbocycles. The monoisotopic (exact) mass is 1310 g/mol. The number of nitrogens with zero attached hydrogens (tertiary/aromatic N) is 9. The predicted molar refractivity (Wildman–Crippen MR) is 308 cm³/mol. The Kier molecular flexibility index (Phi) is 20.3. The smallest absolute Gasteiger partial charge is 0.480 e. The molecule has 4 aromatic heterocycles. The zero-order valence-electron chi connectivity index (χ0n) is 47.5. The third kappa shape index (κ3) is 15.3. The second kappa shape index (κ2) is 27.6. The number of carbonyl (C=O) groups is 4. The van der Waals surface area contributed by atoms with Crippen LogP contribution in [0.15, 0.2) is 77.4 Å². The molecule has 0 bridgehead atoms. The minimum atomic E-state index is -5.72. The van der Waals surface area contributed by atoms with Crippen molar-refractivity contribution < 1.29 is 102 Å². The number of nitrogens with two attached hydrogens (primary N) is 1. The minimum absolute atomic E-state index is 0.0117. The van der Waals surface area contributed by atoms with Crippen molar-refractivity contribution in [2.45, 2.75) is 113 Å². The molecule has 2 amide bonds. The number of hydrogen-bond donors (Lipinski definition) is 17. The zero-order valence-corrected chi connectivity index (χ0v) is 49.3. The largest absolute Gasteiger partial charge is 0.481 e. The SMILES string of the molecule is Cc1cc2nc3c(=O)[nH]c(=O)nc-3n(C[C@H](O)[C@H](O)[C@H](O)COP(=O)(O)OP(=O)(O)OC[C@H]3O[C@@H](n4cnc5c(N)ncnc54)[C@H](O)[C@@H]3O)c2cc1Cn1cnc(CC(N[C@H](C(=O)N[C@@H](CO)C(=O)O)[C@@H](C)O)C(=O)N[C@@H](Cc2c[nH]c3ccccc23)C(=O)O)c1. The molecule has 40 heteroatoms. The van der Waals surface area contributed by atoms with E-state index in [1.807, 2.05) is 4.98 Å². The maximum Gasteiger partial charge on any atom is 0.481 e. The number of phosphoric acid groups is 2. The van der Waals surface area contributed by atoms with Crippen molar-refractivity contribution in [3.8, 4) is 11.5 Å². The maximum atomic E-state index is 14.3. The Morgan fingerprint density at radius 1 is 0.857 bits per heavy atom. The lowest BCUT2D eigenvalue weighted by Crippen LogP contribution is -2.61. The molecule has 0 spiro atoms. The number of aliphatic hydroxyl groups excluding tert-OH is 7. The number of amides is 2. The molecule has 6 aromatic rings. The summed E-state index contributed by atoms with van der Waals surface area (Å²) in [5.41, 5.74) is 5.94. The predicted octanol–water partition coefficient (Wildman–Crippen LogP) is -4.38. The number of aryl methyl sites for hydroxylation is 1. The molecule has 488 valence electrons. The van der Waals surface area contributed by atoms with Crippen molar-refractivity contribution in [2.24, 2.45) is 0 Å². The fraction of sp³-hybridized carbons (Fsp3) is 0.412. The Labute approximate surface area is 509 Å². The highest BCUT2D eigenvalue weighted by Gasteiger charge is 2.47. The molecule has 9 rings (SSSR count). The van der Waals surface area contributed by atoms with E-state index in [1.54, 1.807) is 37.4 Å². The number of ether oxygens (including phenoxy) is 1. The number of phosphoric ester groups is 2. The van der Waals surface area contributed by atoms with E-state index in [9.17, 15) is 93.6 Å². The number of aliphatic carboxylic acids is 2. The van der Waals surface area contributed by atoms with Crippen molar-refractivity contribution in [2.75, 3.05) is 25.6 Å². The van der Waals surface area contributed by atoms with E-state index in [1.165, 1.54) is 40.1 Å². The summed E-state index contributed by atoms with van der Waals surface area (Å²) >= 11 is 0. The number of aromatic amines is 2. The summed E-state index contributed by atoms with van der Waals surface area (Å²) in [5.74, 6) is -5.59. The first kappa shape index (κ1) is 67.0. The number of H-pyrrole nitrogens is 2. The molecule has 1 fully saturated rings. The number of carboxylic acid groups (broad SMARTS) is 2. The Hall–Kier alpha value is -8.40. The van der Waals surface area contributed by atoms with Crippen LogP contribution in [0.2, 0.25) is 0 Å². The molecule has 7 heterocycles. The Balaban J connectivity index is 0.895. The highest BCUT2D eigenvalue weighted by molar-refractivity contribution is 7.61. The van der Waals surface area contributed by atoms with E-state index in [0.717, 1.165) is 17.8 Å². The van der Waals surface area contributed by atoms with Crippen molar-refractivity contribution in [3.63, 3.8) is 0 Å². The van der Waals surface area contributed by atoms with E-state index in [4.69, 9.17) is 15.0 Å². The number of aromatic nitrogens is 11. The molecule has 18 N–H and O–H groups in total. The number of fused-ring (bicyclic) bond motifs is 4. The lowest BCUT2D eigenvalue weighted by molar-refractivity contribution is -0.144. The second-order valence-corrected chi connectivity index (χ2v) is 24.2. The van der Waals surface area contributed by atoms with Crippen LogP contribution in [0.4, 0.5) is 5.82 Å². The zero-order chi connectivity index (χ0) is 66.0. The number of para-hydroxylation sites is 1. The van der Waals surface area contributed by atoms with Crippen LogP contribution in [0.5, 0.6) is 0 Å². The van der Waals surface area contributed by atoms with E-state index in [-0.39, 0.29) is 46.7 Å². The number of anilines is 1.